The number of fused-ring (bicyclic) bond motifs is 2. The van der Waals surface area contributed by atoms with Gasteiger partial charge in [-0.2, -0.15) is 13.2 Å². The van der Waals surface area contributed by atoms with Gasteiger partial charge < -0.3 is 19.1 Å². The van der Waals surface area contributed by atoms with Gasteiger partial charge in [-0.3, -0.25) is 4.90 Å². The fraction of sp³-hybridized carbons (Fsp3) is 0.379. The number of benzene rings is 1. The zero-order chi connectivity index (χ0) is 31.3. The number of ether oxygens (including phenoxy) is 2. The van der Waals surface area contributed by atoms with Gasteiger partial charge in [0.1, 0.15) is 41.0 Å². The minimum absolute atomic E-state index is 0.0983. The van der Waals surface area contributed by atoms with Gasteiger partial charge in [-0.05, 0) is 43.5 Å². The third-order valence-corrected chi connectivity index (χ3v) is 7.89. The predicted octanol–water partition coefficient (Wildman–Crippen LogP) is 5.45. The Hall–Kier alpha value is -4.24. The van der Waals surface area contributed by atoms with Crippen LogP contribution in [0, 0.1) is 17.5 Å². The third-order valence-electron chi connectivity index (χ3n) is 7.89. The molecule has 5 heterocycles. The zero-order valence-corrected chi connectivity index (χ0v) is 23.2. The molecular formula is C29H25F6N5O4. The van der Waals surface area contributed by atoms with Crippen LogP contribution in [0.2, 0.25) is 0 Å². The van der Waals surface area contributed by atoms with Gasteiger partial charge in [-0.1, -0.05) is 0 Å². The number of aromatic nitrogens is 4. The highest BCUT2D eigenvalue weighted by molar-refractivity contribution is 5.88. The molecule has 4 aromatic rings. The molecule has 1 N–H and O–H groups in total. The van der Waals surface area contributed by atoms with Crippen molar-refractivity contribution in [3.8, 4) is 5.88 Å². The van der Waals surface area contributed by atoms with Crippen LogP contribution < -0.4 is 4.74 Å². The number of carbonyl (C=O) groups is 1. The van der Waals surface area contributed by atoms with Crippen molar-refractivity contribution < 1.29 is 45.7 Å². The fourth-order valence-corrected chi connectivity index (χ4v) is 5.42. The molecule has 0 unspecified atom stereocenters. The lowest BCUT2D eigenvalue weighted by molar-refractivity contribution is -0.139. The standard InChI is InChI=1S/C29H25F6N5O4/c1-14-25-15(8-19(29(33,34)35)27(38-25)44-13-18-20(31)9-16(30)10-21(18)32)4-6-39(14)12-24-36-22-2-3-23(28(41)42)37-26(22)40(24)11-17-5-7-43-17/h2-3,8-10,14,17H,4-7,11-13H2,1H3,(H,41,42)/t14-,17-/m0/s1. The number of aromatic carboxylic acids is 1. The third kappa shape index (κ3) is 5.68. The van der Waals surface area contributed by atoms with Gasteiger partial charge in [0.15, 0.2) is 11.3 Å². The van der Waals surface area contributed by atoms with Crippen molar-refractivity contribution in [3.63, 3.8) is 0 Å². The molecule has 1 aromatic carbocycles. The summed E-state index contributed by atoms with van der Waals surface area (Å²) in [4.78, 5) is 26.6. The van der Waals surface area contributed by atoms with Crippen LogP contribution in [0.5, 0.6) is 5.88 Å². The summed E-state index contributed by atoms with van der Waals surface area (Å²) in [6.45, 7) is 2.40. The number of carboxylic acids is 1. The summed E-state index contributed by atoms with van der Waals surface area (Å²) in [7, 11) is 0. The van der Waals surface area contributed by atoms with Crippen molar-refractivity contribution in [2.24, 2.45) is 0 Å². The van der Waals surface area contributed by atoms with Crippen LogP contribution in [0.1, 0.15) is 58.1 Å². The Morgan fingerprint density at radius 1 is 1.11 bits per heavy atom. The molecule has 0 spiro atoms. The maximum Gasteiger partial charge on any atom is 0.421 e. The lowest BCUT2D eigenvalue weighted by atomic mass is 9.97. The van der Waals surface area contributed by atoms with E-state index >= 15 is 0 Å². The van der Waals surface area contributed by atoms with E-state index in [2.05, 4.69) is 15.0 Å². The van der Waals surface area contributed by atoms with Gasteiger partial charge in [-0.25, -0.2) is 32.9 Å². The molecule has 2 aliphatic heterocycles. The second-order valence-corrected chi connectivity index (χ2v) is 10.7. The first kappa shape index (κ1) is 29.8. The number of alkyl halides is 3. The van der Waals surface area contributed by atoms with Crippen molar-refractivity contribution in [1.82, 2.24) is 24.4 Å². The fourth-order valence-electron chi connectivity index (χ4n) is 5.42. The summed E-state index contributed by atoms with van der Waals surface area (Å²) in [6, 6.07) is 4.16. The molecule has 0 saturated carbocycles. The van der Waals surface area contributed by atoms with Crippen LogP contribution >= 0.6 is 0 Å². The quantitative estimate of drug-likeness (QED) is 0.260. The van der Waals surface area contributed by atoms with E-state index in [-0.39, 0.29) is 30.5 Å². The van der Waals surface area contributed by atoms with Crippen molar-refractivity contribution in [2.75, 3.05) is 13.2 Å². The summed E-state index contributed by atoms with van der Waals surface area (Å²) < 4.78 is 96.2. The number of imidazole rings is 1. The van der Waals surface area contributed by atoms with Gasteiger partial charge in [0, 0.05) is 25.3 Å². The van der Waals surface area contributed by atoms with Gasteiger partial charge in [0.25, 0.3) is 0 Å². The average molecular weight is 622 g/mol. The highest BCUT2D eigenvalue weighted by Crippen LogP contribution is 2.40. The van der Waals surface area contributed by atoms with E-state index in [0.717, 1.165) is 12.5 Å². The first-order chi connectivity index (χ1) is 20.9. The van der Waals surface area contributed by atoms with E-state index in [4.69, 9.17) is 9.47 Å². The van der Waals surface area contributed by atoms with Gasteiger partial charge in [-0.15, -0.1) is 0 Å². The Labute approximate surface area is 246 Å². The van der Waals surface area contributed by atoms with E-state index in [0.29, 0.717) is 54.4 Å². The molecule has 6 rings (SSSR count). The van der Waals surface area contributed by atoms with Crippen LogP contribution in [-0.2, 0) is 37.0 Å². The summed E-state index contributed by atoms with van der Waals surface area (Å²) in [5, 5.41) is 9.44. The average Bonchev–Trinajstić information content (AvgIpc) is 3.26. The Balaban J connectivity index is 1.31. The smallest absolute Gasteiger partial charge is 0.421 e. The number of rotatable bonds is 8. The number of nitrogens with zero attached hydrogens (tertiary/aromatic N) is 5. The molecule has 9 nitrogen and oxygen atoms in total. The van der Waals surface area contributed by atoms with E-state index in [1.54, 1.807) is 17.6 Å². The first-order valence-electron chi connectivity index (χ1n) is 13.7. The summed E-state index contributed by atoms with van der Waals surface area (Å²) >= 11 is 0. The number of hydrogen-bond donors (Lipinski definition) is 1. The number of carboxylic acid groups (broad SMARTS) is 1. The van der Waals surface area contributed by atoms with E-state index in [1.807, 2.05) is 4.90 Å². The minimum atomic E-state index is -4.87. The highest BCUT2D eigenvalue weighted by Gasteiger charge is 2.39. The summed E-state index contributed by atoms with van der Waals surface area (Å²) in [6.07, 6.45) is -3.94. The molecule has 0 aliphatic carbocycles. The van der Waals surface area contributed by atoms with Crippen molar-refractivity contribution in [1.29, 1.82) is 0 Å². The number of halogens is 6. The second-order valence-electron chi connectivity index (χ2n) is 10.7. The molecule has 0 amide bonds. The maximum atomic E-state index is 14.2. The molecule has 15 heteroatoms. The highest BCUT2D eigenvalue weighted by atomic mass is 19.4. The monoisotopic (exact) mass is 621 g/mol. The molecule has 1 fully saturated rings. The van der Waals surface area contributed by atoms with E-state index < -0.39 is 59.3 Å². The largest absolute Gasteiger partial charge is 0.477 e. The number of hydrogen-bond acceptors (Lipinski definition) is 7. The zero-order valence-electron chi connectivity index (χ0n) is 23.2. The van der Waals surface area contributed by atoms with Crippen molar-refractivity contribution >= 4 is 17.1 Å². The topological polar surface area (TPSA) is 103 Å². The summed E-state index contributed by atoms with van der Waals surface area (Å²) in [5.41, 5.74) is -0.572. The van der Waals surface area contributed by atoms with Crippen LogP contribution in [0.4, 0.5) is 26.3 Å². The lowest BCUT2D eigenvalue weighted by Crippen LogP contribution is -2.36. The molecule has 232 valence electrons. The lowest BCUT2D eigenvalue weighted by Gasteiger charge is -2.35. The Morgan fingerprint density at radius 2 is 1.84 bits per heavy atom. The summed E-state index contributed by atoms with van der Waals surface area (Å²) in [5.74, 6) is -5.25. The molecule has 2 atom stereocenters. The van der Waals surface area contributed by atoms with Gasteiger partial charge >= 0.3 is 12.1 Å². The molecule has 3 aromatic heterocycles. The number of pyridine rings is 2. The van der Waals surface area contributed by atoms with Crippen LogP contribution in [0.15, 0.2) is 30.3 Å². The molecule has 0 bridgehead atoms. The van der Waals surface area contributed by atoms with E-state index in [9.17, 15) is 36.2 Å². The minimum Gasteiger partial charge on any atom is -0.477 e. The molecule has 0 radical (unpaired) electrons. The predicted molar refractivity (Wildman–Crippen MR) is 141 cm³/mol. The molecule has 1 saturated heterocycles. The van der Waals surface area contributed by atoms with Crippen LogP contribution in [0.25, 0.3) is 11.2 Å². The maximum absolute atomic E-state index is 14.2. The molecular weight excluding hydrogens is 596 g/mol. The van der Waals surface area contributed by atoms with Crippen molar-refractivity contribution in [3.05, 3.63) is 81.7 Å². The Kier molecular flexibility index (Phi) is 7.70. The molecule has 44 heavy (non-hydrogen) atoms. The van der Waals surface area contributed by atoms with Gasteiger partial charge in [0.2, 0.25) is 5.88 Å². The van der Waals surface area contributed by atoms with E-state index in [1.165, 1.54) is 6.07 Å². The van der Waals surface area contributed by atoms with Crippen molar-refractivity contribution in [2.45, 2.75) is 57.8 Å². The Morgan fingerprint density at radius 3 is 2.48 bits per heavy atom. The molecule has 2 aliphatic rings. The first-order valence-corrected chi connectivity index (χ1v) is 13.7. The SMILES string of the molecule is C[C@H]1c2nc(OCc3c(F)cc(F)cc3F)c(C(F)(F)F)cc2CCN1Cc1nc2ccc(C(=O)O)nc2n1C[C@@H]1CCO1. The van der Waals surface area contributed by atoms with Gasteiger partial charge in [0.05, 0.1) is 36.5 Å². The second kappa shape index (κ2) is 11.4. The van der Waals surface area contributed by atoms with Crippen LogP contribution in [0.3, 0.4) is 0 Å². The normalized spacial score (nSPS) is 18.7. The Bertz CT molecular complexity index is 1730. The van der Waals surface area contributed by atoms with Crippen LogP contribution in [-0.4, -0.2) is 54.8 Å².